The molecule has 4 nitrogen and oxygen atoms in total. The molecule has 0 bridgehead atoms. The van der Waals surface area contributed by atoms with Crippen LogP contribution in [0, 0.1) is 0 Å². The number of rotatable bonds is 7. The highest BCUT2D eigenvalue weighted by Gasteiger charge is 2.17. The molecule has 0 fully saturated rings. The molecule has 0 spiro atoms. The molecule has 0 radical (unpaired) electrons. The van der Waals surface area contributed by atoms with E-state index in [4.69, 9.17) is 4.42 Å². The molecule has 1 aromatic heterocycles. The van der Waals surface area contributed by atoms with Gasteiger partial charge >= 0.3 is 0 Å². The predicted molar refractivity (Wildman–Crippen MR) is 85.2 cm³/mol. The van der Waals surface area contributed by atoms with Crippen molar-refractivity contribution in [3.8, 4) is 0 Å². The zero-order valence-corrected chi connectivity index (χ0v) is 13.1. The summed E-state index contributed by atoms with van der Waals surface area (Å²) in [4.78, 5) is 13.7. The number of hydrogen-bond acceptors (Lipinski definition) is 3. The van der Waals surface area contributed by atoms with Crippen LogP contribution in [0.5, 0.6) is 0 Å². The molecule has 0 aliphatic heterocycles. The Balaban J connectivity index is 2.28. The molecule has 4 heteroatoms. The van der Waals surface area contributed by atoms with Crippen LogP contribution in [0.2, 0.25) is 0 Å². The maximum absolute atomic E-state index is 12.0. The Kier molecular flexibility index (Phi) is 5.39. The number of carbonyl (C=O) groups is 1. The Labute approximate surface area is 126 Å². The van der Waals surface area contributed by atoms with Gasteiger partial charge in [-0.25, -0.2) is 0 Å². The van der Waals surface area contributed by atoms with Gasteiger partial charge in [0.1, 0.15) is 11.3 Å². The van der Waals surface area contributed by atoms with E-state index in [2.05, 4.69) is 18.3 Å². The predicted octanol–water partition coefficient (Wildman–Crippen LogP) is 2.95. The van der Waals surface area contributed by atoms with E-state index in [0.29, 0.717) is 13.1 Å². The second kappa shape index (κ2) is 7.27. The number of likely N-dealkylation sites (N-methyl/N-ethyl adjacent to an activating group) is 2. The molecule has 1 heterocycles. The van der Waals surface area contributed by atoms with Crippen LogP contribution in [0.15, 0.2) is 28.7 Å². The minimum absolute atomic E-state index is 0.0872. The van der Waals surface area contributed by atoms with Gasteiger partial charge < -0.3 is 14.6 Å². The van der Waals surface area contributed by atoms with Crippen LogP contribution in [-0.2, 0) is 17.8 Å². The number of hydrogen-bond donors (Lipinski definition) is 1. The first kappa shape index (κ1) is 15.6. The van der Waals surface area contributed by atoms with Crippen molar-refractivity contribution in [2.75, 3.05) is 20.6 Å². The Morgan fingerprint density at radius 2 is 2.10 bits per heavy atom. The molecular weight excluding hydrogens is 264 g/mol. The Hall–Kier alpha value is -1.81. The van der Waals surface area contributed by atoms with Crippen molar-refractivity contribution in [2.24, 2.45) is 0 Å². The lowest BCUT2D eigenvalue weighted by molar-refractivity contribution is -0.129. The first-order chi connectivity index (χ1) is 10.2. The number of benzene rings is 1. The lowest BCUT2D eigenvalue weighted by Crippen LogP contribution is -2.33. The second-order valence-electron chi connectivity index (χ2n) is 5.38. The summed E-state index contributed by atoms with van der Waals surface area (Å²) in [6, 6.07) is 8.05. The van der Waals surface area contributed by atoms with E-state index < -0.39 is 0 Å². The van der Waals surface area contributed by atoms with Crippen LogP contribution in [-0.4, -0.2) is 31.4 Å². The van der Waals surface area contributed by atoms with Gasteiger partial charge in [0.15, 0.2) is 0 Å². The molecular formula is C17H24N2O2. The quantitative estimate of drug-likeness (QED) is 0.852. The van der Waals surface area contributed by atoms with Crippen LogP contribution in [0.4, 0.5) is 0 Å². The minimum atomic E-state index is 0.0872. The van der Waals surface area contributed by atoms with Crippen molar-refractivity contribution < 1.29 is 9.21 Å². The maximum atomic E-state index is 12.0. The summed E-state index contributed by atoms with van der Waals surface area (Å²) in [7, 11) is 3.62. The molecule has 2 rings (SSSR count). The van der Waals surface area contributed by atoms with Gasteiger partial charge in [-0.1, -0.05) is 31.5 Å². The van der Waals surface area contributed by atoms with E-state index in [1.165, 1.54) is 0 Å². The third-order valence-corrected chi connectivity index (χ3v) is 3.69. The van der Waals surface area contributed by atoms with E-state index in [0.717, 1.165) is 41.6 Å². The molecule has 2 aromatic rings. The van der Waals surface area contributed by atoms with Crippen LogP contribution < -0.4 is 5.32 Å². The zero-order chi connectivity index (χ0) is 15.2. The maximum Gasteiger partial charge on any atom is 0.236 e. The SMILES string of the molecule is CCCCc1oc2ccccc2c1CN(C)C(=O)CNC. The van der Waals surface area contributed by atoms with E-state index in [-0.39, 0.29) is 5.91 Å². The molecule has 114 valence electrons. The molecule has 0 aliphatic rings. The highest BCUT2D eigenvalue weighted by atomic mass is 16.3. The van der Waals surface area contributed by atoms with Gasteiger partial charge in [-0.3, -0.25) is 4.79 Å². The zero-order valence-electron chi connectivity index (χ0n) is 13.1. The number of fused-ring (bicyclic) bond motifs is 1. The smallest absolute Gasteiger partial charge is 0.236 e. The molecule has 0 saturated carbocycles. The summed E-state index contributed by atoms with van der Waals surface area (Å²) in [5.74, 6) is 1.10. The second-order valence-corrected chi connectivity index (χ2v) is 5.38. The summed E-state index contributed by atoms with van der Waals surface area (Å²) in [5.41, 5.74) is 2.05. The van der Waals surface area contributed by atoms with E-state index >= 15 is 0 Å². The lowest BCUT2D eigenvalue weighted by Gasteiger charge is -2.17. The van der Waals surface area contributed by atoms with Gasteiger partial charge in [-0.05, 0) is 19.5 Å². The van der Waals surface area contributed by atoms with Crippen molar-refractivity contribution in [2.45, 2.75) is 32.7 Å². The summed E-state index contributed by atoms with van der Waals surface area (Å²) in [5, 5.41) is 4.02. The minimum Gasteiger partial charge on any atom is -0.461 e. The highest BCUT2D eigenvalue weighted by Crippen LogP contribution is 2.28. The van der Waals surface area contributed by atoms with E-state index in [9.17, 15) is 4.79 Å². The Morgan fingerprint density at radius 1 is 1.33 bits per heavy atom. The van der Waals surface area contributed by atoms with E-state index in [1.807, 2.05) is 25.2 Å². The molecule has 1 aromatic carbocycles. The first-order valence-electron chi connectivity index (χ1n) is 7.55. The summed E-state index contributed by atoms with van der Waals surface area (Å²) in [6.45, 7) is 3.12. The van der Waals surface area contributed by atoms with Gasteiger partial charge in [-0.15, -0.1) is 0 Å². The average Bonchev–Trinajstić information content (AvgIpc) is 2.83. The standard InChI is InChI=1S/C17H24N2O2/c1-4-5-9-16-14(12-19(3)17(20)11-18-2)13-8-6-7-10-15(13)21-16/h6-8,10,18H,4-5,9,11-12H2,1-3H3. The van der Waals surface area contributed by atoms with Crippen molar-refractivity contribution >= 4 is 16.9 Å². The normalized spacial score (nSPS) is 11.0. The topological polar surface area (TPSA) is 45.5 Å². The highest BCUT2D eigenvalue weighted by molar-refractivity contribution is 5.83. The first-order valence-corrected chi connectivity index (χ1v) is 7.55. The molecule has 0 aliphatic carbocycles. The number of carbonyl (C=O) groups excluding carboxylic acids is 1. The van der Waals surface area contributed by atoms with Gasteiger partial charge in [0.05, 0.1) is 6.54 Å². The molecule has 0 unspecified atom stereocenters. The summed E-state index contributed by atoms with van der Waals surface area (Å²) >= 11 is 0. The van der Waals surface area contributed by atoms with Crippen LogP contribution >= 0.6 is 0 Å². The van der Waals surface area contributed by atoms with Gasteiger partial charge in [0, 0.05) is 31.0 Å². The number of furan rings is 1. The third kappa shape index (κ3) is 3.64. The monoisotopic (exact) mass is 288 g/mol. The van der Waals surface area contributed by atoms with Gasteiger partial charge in [0.25, 0.3) is 0 Å². The van der Waals surface area contributed by atoms with E-state index in [1.54, 1.807) is 11.9 Å². The van der Waals surface area contributed by atoms with Crippen LogP contribution in [0.25, 0.3) is 11.0 Å². The van der Waals surface area contributed by atoms with Crippen LogP contribution in [0.3, 0.4) is 0 Å². The van der Waals surface area contributed by atoms with Gasteiger partial charge in [-0.2, -0.15) is 0 Å². The lowest BCUT2D eigenvalue weighted by atomic mass is 10.1. The fraction of sp³-hybridized carbons (Fsp3) is 0.471. The number of nitrogens with one attached hydrogen (secondary N) is 1. The molecule has 1 amide bonds. The largest absolute Gasteiger partial charge is 0.461 e. The molecule has 1 N–H and O–H groups in total. The molecule has 0 atom stereocenters. The van der Waals surface area contributed by atoms with Crippen molar-refractivity contribution in [3.63, 3.8) is 0 Å². The average molecular weight is 288 g/mol. The van der Waals surface area contributed by atoms with Crippen molar-refractivity contribution in [3.05, 3.63) is 35.6 Å². The van der Waals surface area contributed by atoms with Crippen LogP contribution in [0.1, 0.15) is 31.1 Å². The fourth-order valence-corrected chi connectivity index (χ4v) is 2.47. The van der Waals surface area contributed by atoms with Crippen molar-refractivity contribution in [1.29, 1.82) is 0 Å². The number of para-hydroxylation sites is 1. The summed E-state index contributed by atoms with van der Waals surface area (Å²) in [6.07, 6.45) is 3.15. The Morgan fingerprint density at radius 3 is 2.81 bits per heavy atom. The third-order valence-electron chi connectivity index (χ3n) is 3.69. The Bertz CT molecular complexity index is 604. The summed E-state index contributed by atoms with van der Waals surface area (Å²) < 4.78 is 5.99. The molecule has 0 saturated heterocycles. The number of amides is 1. The number of unbranched alkanes of at least 4 members (excludes halogenated alkanes) is 1. The number of aryl methyl sites for hydroxylation is 1. The fourth-order valence-electron chi connectivity index (χ4n) is 2.47. The van der Waals surface area contributed by atoms with Crippen molar-refractivity contribution in [1.82, 2.24) is 10.2 Å². The molecule has 21 heavy (non-hydrogen) atoms. The number of nitrogens with zero attached hydrogens (tertiary/aromatic N) is 1. The van der Waals surface area contributed by atoms with Gasteiger partial charge in [0.2, 0.25) is 5.91 Å².